The third-order valence-corrected chi connectivity index (χ3v) is 7.42. The maximum Gasteiger partial charge on any atom is 0.293 e. The molecule has 39 heavy (non-hydrogen) atoms. The molecule has 6 nitrogen and oxygen atoms in total. The predicted octanol–water partition coefficient (Wildman–Crippen LogP) is 6.16. The smallest absolute Gasteiger partial charge is 0.293 e. The van der Waals surface area contributed by atoms with Crippen LogP contribution in [0, 0.1) is 11.7 Å². The van der Waals surface area contributed by atoms with Gasteiger partial charge in [-0.25, -0.2) is 4.39 Å². The molecule has 0 saturated heterocycles. The van der Waals surface area contributed by atoms with Crippen LogP contribution in [0.1, 0.15) is 51.9 Å². The van der Waals surface area contributed by atoms with Crippen molar-refractivity contribution >= 4 is 17.5 Å². The summed E-state index contributed by atoms with van der Waals surface area (Å²) in [5.74, 6) is 0.983. The number of rotatable bonds is 7. The molecule has 7 heteroatoms. The van der Waals surface area contributed by atoms with Crippen molar-refractivity contribution in [3.63, 3.8) is 0 Å². The summed E-state index contributed by atoms with van der Waals surface area (Å²) >= 11 is 0. The van der Waals surface area contributed by atoms with E-state index in [1.165, 1.54) is 17.0 Å². The van der Waals surface area contributed by atoms with Crippen LogP contribution in [0.25, 0.3) is 0 Å². The van der Waals surface area contributed by atoms with Gasteiger partial charge in [0.15, 0.2) is 5.76 Å². The van der Waals surface area contributed by atoms with Crippen molar-refractivity contribution in [1.29, 1.82) is 0 Å². The normalized spacial score (nSPS) is 16.5. The Hall–Kier alpha value is -4.39. The molecule has 1 saturated carbocycles. The molecule has 6 rings (SSSR count). The van der Waals surface area contributed by atoms with E-state index in [4.69, 9.17) is 9.15 Å². The number of carbonyl (C=O) groups excluding carboxylic acids is 2. The van der Waals surface area contributed by atoms with Crippen LogP contribution in [-0.2, 0) is 17.8 Å². The lowest BCUT2D eigenvalue weighted by atomic mass is 9.87. The van der Waals surface area contributed by atoms with E-state index >= 15 is 0 Å². The van der Waals surface area contributed by atoms with Gasteiger partial charge in [-0.2, -0.15) is 0 Å². The largest absolute Gasteiger partial charge is 0.486 e. The molecule has 1 unspecified atom stereocenters. The first-order valence-corrected chi connectivity index (χ1v) is 13.2. The van der Waals surface area contributed by atoms with E-state index in [0.29, 0.717) is 18.1 Å². The first-order chi connectivity index (χ1) is 19.0. The van der Waals surface area contributed by atoms with Gasteiger partial charge in [-0.3, -0.25) is 9.59 Å². The summed E-state index contributed by atoms with van der Waals surface area (Å²) in [6.45, 7) is 0.737. The Kier molecular flexibility index (Phi) is 6.65. The molecule has 0 spiro atoms. The zero-order chi connectivity index (χ0) is 26.9. The summed E-state index contributed by atoms with van der Waals surface area (Å²) in [4.78, 5) is 29.5. The lowest BCUT2D eigenvalue weighted by Gasteiger charge is -2.38. The molecule has 198 valence electrons. The summed E-state index contributed by atoms with van der Waals surface area (Å²) in [6, 6.07) is 24.7. The summed E-state index contributed by atoms with van der Waals surface area (Å²) in [5.41, 5.74) is 3.58. The molecule has 2 amide bonds. The molecule has 1 atom stereocenters. The number of fused-ring (bicyclic) bond motifs is 1. The first-order valence-electron chi connectivity index (χ1n) is 13.2. The number of ether oxygens (including phenoxy) is 1. The second kappa shape index (κ2) is 10.4. The van der Waals surface area contributed by atoms with Gasteiger partial charge in [-0.1, -0.05) is 36.4 Å². The Morgan fingerprint density at radius 1 is 1.00 bits per heavy atom. The summed E-state index contributed by atoms with van der Waals surface area (Å²) < 4.78 is 26.1. The van der Waals surface area contributed by atoms with Crippen molar-refractivity contribution in [3.8, 4) is 5.75 Å². The van der Waals surface area contributed by atoms with Gasteiger partial charge in [0.2, 0.25) is 5.91 Å². The van der Waals surface area contributed by atoms with Crippen molar-refractivity contribution in [2.45, 2.75) is 31.9 Å². The average Bonchev–Trinajstić information content (AvgIpc) is 3.72. The topological polar surface area (TPSA) is 63.0 Å². The molecule has 2 aliphatic rings. The molecule has 0 radical (unpaired) electrons. The molecule has 0 bridgehead atoms. The molecular formula is C32H29FN2O4. The van der Waals surface area contributed by atoms with Crippen LogP contribution in [0.5, 0.6) is 5.75 Å². The minimum absolute atomic E-state index is 0.0684. The van der Waals surface area contributed by atoms with Crippen LogP contribution in [0.3, 0.4) is 0 Å². The minimum Gasteiger partial charge on any atom is -0.486 e. The van der Waals surface area contributed by atoms with E-state index in [0.717, 1.165) is 41.6 Å². The van der Waals surface area contributed by atoms with Gasteiger partial charge in [0, 0.05) is 25.2 Å². The van der Waals surface area contributed by atoms with Gasteiger partial charge in [0.05, 0.1) is 6.04 Å². The lowest BCUT2D eigenvalue weighted by Crippen LogP contribution is -2.41. The maximum absolute atomic E-state index is 14.2. The van der Waals surface area contributed by atoms with Gasteiger partial charge < -0.3 is 19.0 Å². The highest BCUT2D eigenvalue weighted by atomic mass is 19.1. The number of furan rings is 1. The Bertz CT molecular complexity index is 1510. The van der Waals surface area contributed by atoms with E-state index < -0.39 is 0 Å². The van der Waals surface area contributed by atoms with Crippen molar-refractivity contribution in [2.24, 2.45) is 5.92 Å². The van der Waals surface area contributed by atoms with Gasteiger partial charge in [0.25, 0.3) is 5.91 Å². The zero-order valence-electron chi connectivity index (χ0n) is 21.7. The quantitative estimate of drug-likeness (QED) is 0.291. The Balaban J connectivity index is 1.21. The molecule has 1 aliphatic heterocycles. The van der Waals surface area contributed by atoms with Crippen molar-refractivity contribution in [3.05, 3.63) is 119 Å². The van der Waals surface area contributed by atoms with Gasteiger partial charge in [0.1, 0.15) is 23.9 Å². The van der Waals surface area contributed by atoms with Gasteiger partial charge in [-0.05, 0) is 84.5 Å². The molecule has 1 fully saturated rings. The number of amides is 2. The van der Waals surface area contributed by atoms with Crippen molar-refractivity contribution in [1.82, 2.24) is 4.90 Å². The standard InChI is InChI=1S/C32H29FN2O4/c1-34(25-8-3-2-4-9-25)32(37)29-15-14-27(39-29)20-38-26-13-12-21-16-17-35(31(36)22-10-11-22)30(28(21)19-26)23-6-5-7-24(33)18-23/h2-9,12-15,18-19,22,30H,10-11,16-17,20H2,1H3. The second-order valence-corrected chi connectivity index (χ2v) is 10.1. The Morgan fingerprint density at radius 2 is 1.82 bits per heavy atom. The highest BCUT2D eigenvalue weighted by molar-refractivity contribution is 6.03. The van der Waals surface area contributed by atoms with E-state index in [-0.39, 0.29) is 42.0 Å². The van der Waals surface area contributed by atoms with Crippen molar-refractivity contribution < 1.29 is 23.1 Å². The minimum atomic E-state index is -0.373. The number of hydrogen-bond donors (Lipinski definition) is 0. The fourth-order valence-electron chi connectivity index (χ4n) is 5.18. The van der Waals surface area contributed by atoms with Crippen LogP contribution >= 0.6 is 0 Å². The summed E-state index contributed by atoms with van der Waals surface area (Å²) in [7, 11) is 1.70. The molecule has 3 aromatic carbocycles. The molecular weight excluding hydrogens is 495 g/mol. The van der Waals surface area contributed by atoms with Crippen LogP contribution in [-0.4, -0.2) is 30.3 Å². The maximum atomic E-state index is 14.2. The number of nitrogens with zero attached hydrogens (tertiary/aromatic N) is 2. The second-order valence-electron chi connectivity index (χ2n) is 10.1. The monoisotopic (exact) mass is 524 g/mol. The van der Waals surface area contributed by atoms with Crippen molar-refractivity contribution in [2.75, 3.05) is 18.5 Å². The fraction of sp³-hybridized carbons (Fsp3) is 0.250. The van der Waals surface area contributed by atoms with Gasteiger partial charge >= 0.3 is 0 Å². The van der Waals surface area contributed by atoms with E-state index in [9.17, 15) is 14.0 Å². The number of para-hydroxylation sites is 1. The molecule has 0 N–H and O–H groups in total. The predicted molar refractivity (Wildman–Crippen MR) is 145 cm³/mol. The average molecular weight is 525 g/mol. The first kappa shape index (κ1) is 24.9. The van der Waals surface area contributed by atoms with E-state index in [2.05, 4.69) is 0 Å². The number of carbonyl (C=O) groups is 2. The molecule has 4 aromatic rings. The highest BCUT2D eigenvalue weighted by Crippen LogP contribution is 2.41. The van der Waals surface area contributed by atoms with Crippen LogP contribution in [0.4, 0.5) is 10.1 Å². The van der Waals surface area contributed by atoms with Gasteiger partial charge in [-0.15, -0.1) is 0 Å². The SMILES string of the molecule is CN(C(=O)c1ccc(COc2ccc3c(c2)C(c2cccc(F)c2)N(C(=O)C2CC2)CC3)o1)c1ccccc1. The summed E-state index contributed by atoms with van der Waals surface area (Å²) in [6.07, 6.45) is 2.56. The van der Waals surface area contributed by atoms with Crippen LogP contribution < -0.4 is 9.64 Å². The molecule has 1 aromatic heterocycles. The van der Waals surface area contributed by atoms with Crippen LogP contribution in [0.2, 0.25) is 0 Å². The Labute approximate surface area is 226 Å². The third-order valence-electron chi connectivity index (χ3n) is 7.42. The molecule has 2 heterocycles. The summed E-state index contributed by atoms with van der Waals surface area (Å²) in [5, 5.41) is 0. The number of anilines is 1. The third kappa shape index (κ3) is 5.17. The molecule has 1 aliphatic carbocycles. The Morgan fingerprint density at radius 3 is 2.59 bits per heavy atom. The number of hydrogen-bond acceptors (Lipinski definition) is 4. The zero-order valence-corrected chi connectivity index (χ0v) is 21.7. The van der Waals surface area contributed by atoms with E-state index in [1.54, 1.807) is 25.2 Å². The number of halogens is 1. The van der Waals surface area contributed by atoms with Crippen LogP contribution in [0.15, 0.2) is 89.3 Å². The highest BCUT2D eigenvalue weighted by Gasteiger charge is 2.39. The fourth-order valence-corrected chi connectivity index (χ4v) is 5.18. The van der Waals surface area contributed by atoms with E-state index in [1.807, 2.05) is 59.5 Å². The number of benzene rings is 3. The lowest BCUT2D eigenvalue weighted by molar-refractivity contribution is -0.134.